The van der Waals surface area contributed by atoms with E-state index in [1.54, 1.807) is 6.92 Å². The minimum absolute atomic E-state index is 0.0162. The van der Waals surface area contributed by atoms with E-state index >= 15 is 0 Å². The molecule has 19 heavy (non-hydrogen) atoms. The Labute approximate surface area is 118 Å². The van der Waals surface area contributed by atoms with E-state index < -0.39 is 23.9 Å². The van der Waals surface area contributed by atoms with E-state index in [9.17, 15) is 14.0 Å². The molecule has 0 aromatic heterocycles. The lowest BCUT2D eigenvalue weighted by Gasteiger charge is -2.14. The summed E-state index contributed by atoms with van der Waals surface area (Å²) in [5.41, 5.74) is 0.0162. The van der Waals surface area contributed by atoms with E-state index in [0.717, 1.165) is 12.1 Å². The lowest BCUT2D eigenvalue weighted by atomic mass is 10.2. The fourth-order valence-corrected chi connectivity index (χ4v) is 1.86. The van der Waals surface area contributed by atoms with Gasteiger partial charge in [0, 0.05) is 0 Å². The Bertz CT molecular complexity index is 488. The zero-order chi connectivity index (χ0) is 14.6. The molecule has 5 nitrogen and oxygen atoms in total. The molecule has 0 aliphatic heterocycles. The Hall–Kier alpha value is -1.53. The molecule has 0 spiro atoms. The maximum absolute atomic E-state index is 12.9. The predicted octanol–water partition coefficient (Wildman–Crippen LogP) is 3.12. The van der Waals surface area contributed by atoms with Gasteiger partial charge in [0.05, 0.1) is 15.7 Å². The van der Waals surface area contributed by atoms with Crippen LogP contribution in [0.3, 0.4) is 0 Å². The van der Waals surface area contributed by atoms with Gasteiger partial charge in [0.15, 0.2) is 0 Å². The van der Waals surface area contributed by atoms with Crippen LogP contribution in [0.5, 0.6) is 0 Å². The molecule has 0 unspecified atom stereocenters. The number of hydrogen-bond acceptors (Lipinski definition) is 2. The second-order valence-corrected chi connectivity index (χ2v) is 4.46. The van der Waals surface area contributed by atoms with Crippen molar-refractivity contribution in [2.75, 3.05) is 5.32 Å². The Morgan fingerprint density at radius 2 is 1.89 bits per heavy atom. The SMILES string of the molecule is CC[C@H](NC(=O)Nc1c(Cl)cc(F)cc1Cl)C(=O)O. The molecule has 1 aromatic rings. The van der Waals surface area contributed by atoms with Gasteiger partial charge in [-0.3, -0.25) is 0 Å². The highest BCUT2D eigenvalue weighted by Gasteiger charge is 2.19. The molecular weight excluding hydrogens is 298 g/mol. The summed E-state index contributed by atoms with van der Waals surface area (Å²) in [7, 11) is 0. The predicted molar refractivity (Wildman–Crippen MR) is 70.3 cm³/mol. The number of carbonyl (C=O) groups excluding carboxylic acids is 1. The van der Waals surface area contributed by atoms with Gasteiger partial charge in [-0.05, 0) is 18.6 Å². The normalized spacial score (nSPS) is 11.8. The van der Waals surface area contributed by atoms with Gasteiger partial charge < -0.3 is 15.7 Å². The first-order chi connectivity index (χ1) is 8.85. The monoisotopic (exact) mass is 308 g/mol. The van der Waals surface area contributed by atoms with E-state index in [0.29, 0.717) is 0 Å². The van der Waals surface area contributed by atoms with Crippen molar-refractivity contribution in [2.45, 2.75) is 19.4 Å². The summed E-state index contributed by atoms with van der Waals surface area (Å²) in [5.74, 6) is -1.80. The van der Waals surface area contributed by atoms with E-state index in [1.165, 1.54) is 0 Å². The summed E-state index contributed by atoms with van der Waals surface area (Å²) in [4.78, 5) is 22.3. The molecule has 8 heteroatoms. The van der Waals surface area contributed by atoms with E-state index in [4.69, 9.17) is 28.3 Å². The number of hydrogen-bond donors (Lipinski definition) is 3. The molecule has 2 amide bonds. The van der Waals surface area contributed by atoms with E-state index in [2.05, 4.69) is 10.6 Å². The summed E-state index contributed by atoms with van der Waals surface area (Å²) in [6, 6.07) is 0.150. The van der Waals surface area contributed by atoms with Gasteiger partial charge >= 0.3 is 12.0 Å². The van der Waals surface area contributed by atoms with Crippen molar-refractivity contribution in [3.8, 4) is 0 Å². The van der Waals surface area contributed by atoms with Crippen molar-refractivity contribution >= 4 is 40.9 Å². The Balaban J connectivity index is 2.80. The van der Waals surface area contributed by atoms with Crippen LogP contribution in [0.2, 0.25) is 10.0 Å². The third-order valence-corrected chi connectivity index (χ3v) is 2.85. The van der Waals surface area contributed by atoms with Crippen molar-refractivity contribution in [2.24, 2.45) is 0 Å². The van der Waals surface area contributed by atoms with Crippen LogP contribution in [-0.2, 0) is 4.79 Å². The van der Waals surface area contributed by atoms with Gasteiger partial charge in [0.2, 0.25) is 0 Å². The molecule has 0 heterocycles. The Kier molecular flexibility index (Phi) is 5.38. The number of aliphatic carboxylic acids is 1. The van der Waals surface area contributed by atoms with Crippen LogP contribution >= 0.6 is 23.2 Å². The number of amides is 2. The van der Waals surface area contributed by atoms with Crippen molar-refractivity contribution in [1.82, 2.24) is 5.32 Å². The molecule has 0 saturated carbocycles. The highest BCUT2D eigenvalue weighted by atomic mass is 35.5. The first-order valence-corrected chi connectivity index (χ1v) is 6.05. The maximum atomic E-state index is 12.9. The highest BCUT2D eigenvalue weighted by molar-refractivity contribution is 6.39. The standard InChI is InChI=1S/C11H11Cl2FN2O3/c1-2-8(10(17)18)15-11(19)16-9-6(12)3-5(14)4-7(9)13/h3-4,8H,2H2,1H3,(H,17,18)(H2,15,16,19)/t8-/m0/s1. The van der Waals surface area contributed by atoms with Gasteiger partial charge in [-0.15, -0.1) is 0 Å². The van der Waals surface area contributed by atoms with E-state index in [1.807, 2.05) is 0 Å². The Morgan fingerprint density at radius 1 is 1.37 bits per heavy atom. The van der Waals surface area contributed by atoms with Crippen LogP contribution in [0.25, 0.3) is 0 Å². The summed E-state index contributed by atoms with van der Waals surface area (Å²) >= 11 is 11.5. The second-order valence-electron chi connectivity index (χ2n) is 3.64. The van der Waals surface area contributed by atoms with Crippen LogP contribution in [0, 0.1) is 5.82 Å². The molecule has 0 aliphatic carbocycles. The number of nitrogens with one attached hydrogen (secondary N) is 2. The van der Waals surface area contributed by atoms with E-state index in [-0.39, 0.29) is 22.2 Å². The first-order valence-electron chi connectivity index (χ1n) is 5.30. The van der Waals surface area contributed by atoms with Crippen molar-refractivity contribution < 1.29 is 19.1 Å². The summed E-state index contributed by atoms with van der Waals surface area (Å²) in [6.45, 7) is 1.61. The topological polar surface area (TPSA) is 78.4 Å². The number of carboxylic acids is 1. The van der Waals surface area contributed by atoms with Crippen LogP contribution < -0.4 is 10.6 Å². The average molecular weight is 309 g/mol. The van der Waals surface area contributed by atoms with Crippen molar-refractivity contribution in [1.29, 1.82) is 0 Å². The lowest BCUT2D eigenvalue weighted by molar-refractivity contribution is -0.139. The molecule has 0 radical (unpaired) electrons. The molecule has 104 valence electrons. The number of carbonyl (C=O) groups is 2. The van der Waals surface area contributed by atoms with Gasteiger partial charge in [-0.1, -0.05) is 30.1 Å². The molecule has 0 fully saturated rings. The quantitative estimate of drug-likeness (QED) is 0.799. The molecule has 0 aliphatic rings. The third-order valence-electron chi connectivity index (χ3n) is 2.26. The Morgan fingerprint density at radius 3 is 2.32 bits per heavy atom. The molecule has 0 bridgehead atoms. The molecule has 1 rings (SSSR count). The number of anilines is 1. The molecule has 1 atom stereocenters. The van der Waals surface area contributed by atoms with Crippen LogP contribution in [-0.4, -0.2) is 23.1 Å². The number of halogens is 3. The molecule has 0 saturated heterocycles. The molecular formula is C11H11Cl2FN2O3. The zero-order valence-corrected chi connectivity index (χ0v) is 11.3. The minimum Gasteiger partial charge on any atom is -0.480 e. The van der Waals surface area contributed by atoms with Crippen LogP contribution in [0.15, 0.2) is 12.1 Å². The van der Waals surface area contributed by atoms with Gasteiger partial charge in [-0.2, -0.15) is 0 Å². The summed E-state index contributed by atoms with van der Waals surface area (Å²) in [5, 5.41) is 13.1. The van der Waals surface area contributed by atoms with Crippen molar-refractivity contribution in [3.05, 3.63) is 28.0 Å². The first kappa shape index (κ1) is 15.5. The number of rotatable bonds is 4. The highest BCUT2D eigenvalue weighted by Crippen LogP contribution is 2.31. The average Bonchev–Trinajstić information content (AvgIpc) is 2.30. The van der Waals surface area contributed by atoms with Gasteiger partial charge in [-0.25, -0.2) is 14.0 Å². The smallest absolute Gasteiger partial charge is 0.326 e. The largest absolute Gasteiger partial charge is 0.480 e. The second kappa shape index (κ2) is 6.58. The van der Waals surface area contributed by atoms with Gasteiger partial charge in [0.25, 0.3) is 0 Å². The number of urea groups is 1. The minimum atomic E-state index is -1.16. The number of carboxylic acid groups (broad SMARTS) is 1. The van der Waals surface area contributed by atoms with Crippen molar-refractivity contribution in [3.63, 3.8) is 0 Å². The summed E-state index contributed by atoms with van der Waals surface area (Å²) in [6.07, 6.45) is 0.216. The lowest BCUT2D eigenvalue weighted by Crippen LogP contribution is -2.42. The fraction of sp³-hybridized carbons (Fsp3) is 0.273. The third kappa shape index (κ3) is 4.25. The summed E-state index contributed by atoms with van der Waals surface area (Å²) < 4.78 is 12.9. The fourth-order valence-electron chi connectivity index (χ4n) is 1.31. The maximum Gasteiger partial charge on any atom is 0.326 e. The molecule has 1 aromatic carbocycles. The van der Waals surface area contributed by atoms with Crippen LogP contribution in [0.4, 0.5) is 14.9 Å². The van der Waals surface area contributed by atoms with Gasteiger partial charge in [0.1, 0.15) is 11.9 Å². The molecule has 3 N–H and O–H groups in total. The zero-order valence-electron chi connectivity index (χ0n) is 9.84. The van der Waals surface area contributed by atoms with Crippen LogP contribution in [0.1, 0.15) is 13.3 Å². The number of benzene rings is 1.